The Labute approximate surface area is 160 Å². The minimum absolute atomic E-state index is 0.631. The first-order valence-corrected chi connectivity index (χ1v) is 10.2. The van der Waals surface area contributed by atoms with Crippen LogP contribution >= 0.6 is 0 Å². The lowest BCUT2D eigenvalue weighted by molar-refractivity contribution is 0.140. The van der Waals surface area contributed by atoms with Crippen LogP contribution in [0.4, 0.5) is 0 Å². The van der Waals surface area contributed by atoms with Gasteiger partial charge in [0.15, 0.2) is 0 Å². The average Bonchev–Trinajstić information content (AvgIpc) is 2.73. The summed E-state index contributed by atoms with van der Waals surface area (Å²) in [6.45, 7) is 0. The van der Waals surface area contributed by atoms with Crippen molar-refractivity contribution < 1.29 is 22.8 Å². The number of benzene rings is 3. The summed E-state index contributed by atoms with van der Waals surface area (Å²) in [6.07, 6.45) is 0. The molecule has 6 heteroatoms. The van der Waals surface area contributed by atoms with Crippen LogP contribution in [-0.2, 0) is 13.3 Å². The summed E-state index contributed by atoms with van der Waals surface area (Å²) in [5.74, 6) is 2.82. The number of rotatable bonds is 8. The standard InChI is InChI=1S/C21H22O5Si/c1-22-27(23-2,24-3)21-12-8-7-11-20(21)26-19-15-13-18(14-16-19)25-17-9-5-4-6-10-17/h4-16H,1-3H3. The van der Waals surface area contributed by atoms with E-state index in [9.17, 15) is 0 Å². The van der Waals surface area contributed by atoms with Gasteiger partial charge < -0.3 is 22.8 Å². The summed E-state index contributed by atoms with van der Waals surface area (Å²) in [4.78, 5) is 0. The predicted molar refractivity (Wildman–Crippen MR) is 106 cm³/mol. The van der Waals surface area contributed by atoms with Gasteiger partial charge in [0.2, 0.25) is 0 Å². The van der Waals surface area contributed by atoms with E-state index in [-0.39, 0.29) is 0 Å². The van der Waals surface area contributed by atoms with Crippen molar-refractivity contribution in [3.63, 3.8) is 0 Å². The van der Waals surface area contributed by atoms with Gasteiger partial charge in [0.25, 0.3) is 0 Å². The molecule has 0 aliphatic rings. The van der Waals surface area contributed by atoms with Gasteiger partial charge in [0.05, 0.1) is 5.19 Å². The van der Waals surface area contributed by atoms with Crippen LogP contribution in [0.5, 0.6) is 23.0 Å². The number of para-hydroxylation sites is 2. The van der Waals surface area contributed by atoms with Crippen LogP contribution in [0, 0.1) is 0 Å². The number of hydrogen-bond donors (Lipinski definition) is 0. The molecular formula is C21H22O5Si. The third-order valence-electron chi connectivity index (χ3n) is 4.05. The minimum atomic E-state index is -3.00. The van der Waals surface area contributed by atoms with Crippen molar-refractivity contribution in [2.45, 2.75) is 0 Å². The molecule has 0 unspecified atom stereocenters. The summed E-state index contributed by atoms with van der Waals surface area (Å²) < 4.78 is 28.6. The van der Waals surface area contributed by atoms with E-state index in [2.05, 4.69) is 0 Å². The Hall–Kier alpha value is -2.64. The van der Waals surface area contributed by atoms with Gasteiger partial charge in [-0.1, -0.05) is 36.4 Å². The van der Waals surface area contributed by atoms with Crippen LogP contribution in [0.2, 0.25) is 0 Å². The molecule has 0 atom stereocenters. The first-order chi connectivity index (χ1) is 13.2. The van der Waals surface area contributed by atoms with Gasteiger partial charge in [-0.3, -0.25) is 0 Å². The second-order valence-electron chi connectivity index (χ2n) is 5.65. The van der Waals surface area contributed by atoms with E-state index >= 15 is 0 Å². The number of hydrogen-bond acceptors (Lipinski definition) is 5. The van der Waals surface area contributed by atoms with E-state index in [0.29, 0.717) is 11.5 Å². The van der Waals surface area contributed by atoms with Crippen LogP contribution in [0.3, 0.4) is 0 Å². The zero-order valence-corrected chi connectivity index (χ0v) is 16.5. The van der Waals surface area contributed by atoms with Crippen molar-refractivity contribution in [3.05, 3.63) is 78.9 Å². The van der Waals surface area contributed by atoms with E-state index in [1.807, 2.05) is 78.9 Å². The highest BCUT2D eigenvalue weighted by Gasteiger charge is 2.43. The number of ether oxygens (including phenoxy) is 2. The summed E-state index contributed by atoms with van der Waals surface area (Å²) in [5.41, 5.74) is 0. The average molecular weight is 382 g/mol. The van der Waals surface area contributed by atoms with Crippen LogP contribution in [0.15, 0.2) is 78.9 Å². The fraction of sp³-hybridized carbons (Fsp3) is 0.143. The third kappa shape index (κ3) is 4.37. The van der Waals surface area contributed by atoms with Gasteiger partial charge in [-0.15, -0.1) is 0 Å². The Balaban J connectivity index is 1.80. The van der Waals surface area contributed by atoms with Crippen LogP contribution in [-0.4, -0.2) is 30.1 Å². The van der Waals surface area contributed by atoms with Crippen molar-refractivity contribution in [2.75, 3.05) is 21.3 Å². The lowest BCUT2D eigenvalue weighted by Gasteiger charge is -2.26. The maximum atomic E-state index is 6.07. The Morgan fingerprint density at radius 3 is 1.59 bits per heavy atom. The van der Waals surface area contributed by atoms with Gasteiger partial charge in [-0.05, 0) is 42.5 Å². The second kappa shape index (κ2) is 8.83. The molecule has 3 aromatic carbocycles. The lowest BCUT2D eigenvalue weighted by Crippen LogP contribution is -2.54. The van der Waals surface area contributed by atoms with Gasteiger partial charge in [-0.2, -0.15) is 0 Å². The van der Waals surface area contributed by atoms with E-state index in [1.165, 1.54) is 0 Å². The molecule has 0 radical (unpaired) electrons. The summed E-state index contributed by atoms with van der Waals surface area (Å²) in [5, 5.41) is 0.766. The molecule has 3 rings (SSSR count). The van der Waals surface area contributed by atoms with Crippen LogP contribution in [0.25, 0.3) is 0 Å². The summed E-state index contributed by atoms with van der Waals surface area (Å²) >= 11 is 0. The smallest absolute Gasteiger partial charge is 0.457 e. The Morgan fingerprint density at radius 2 is 1.00 bits per heavy atom. The van der Waals surface area contributed by atoms with Gasteiger partial charge in [0.1, 0.15) is 23.0 Å². The molecule has 3 aromatic rings. The second-order valence-corrected chi connectivity index (χ2v) is 8.53. The Morgan fingerprint density at radius 1 is 0.519 bits per heavy atom. The van der Waals surface area contributed by atoms with E-state index in [1.54, 1.807) is 21.3 Å². The lowest BCUT2D eigenvalue weighted by atomic mass is 10.3. The SMILES string of the molecule is CO[Si](OC)(OC)c1ccccc1Oc1ccc(Oc2ccccc2)cc1. The van der Waals surface area contributed by atoms with Gasteiger partial charge in [-0.25, -0.2) is 0 Å². The molecule has 140 valence electrons. The molecule has 0 fully saturated rings. The monoisotopic (exact) mass is 382 g/mol. The molecule has 0 amide bonds. The zero-order valence-electron chi connectivity index (χ0n) is 15.5. The fourth-order valence-electron chi connectivity index (χ4n) is 2.72. The van der Waals surface area contributed by atoms with E-state index in [4.69, 9.17) is 22.8 Å². The molecule has 0 saturated carbocycles. The Kier molecular flexibility index (Phi) is 6.26. The van der Waals surface area contributed by atoms with Crippen molar-refractivity contribution >= 4 is 14.0 Å². The van der Waals surface area contributed by atoms with Crippen LogP contribution in [0.1, 0.15) is 0 Å². The molecular weight excluding hydrogens is 360 g/mol. The Bertz CT molecular complexity index is 840. The van der Waals surface area contributed by atoms with Crippen molar-refractivity contribution in [1.29, 1.82) is 0 Å². The van der Waals surface area contributed by atoms with Gasteiger partial charge in [0, 0.05) is 21.3 Å². The highest BCUT2D eigenvalue weighted by molar-refractivity contribution is 6.76. The molecule has 0 saturated heterocycles. The zero-order chi connectivity index (χ0) is 19.1. The largest absolute Gasteiger partial charge is 0.540 e. The maximum absolute atomic E-state index is 6.07. The van der Waals surface area contributed by atoms with E-state index in [0.717, 1.165) is 16.7 Å². The molecule has 0 N–H and O–H groups in total. The topological polar surface area (TPSA) is 46.2 Å². The predicted octanol–water partition coefficient (Wildman–Crippen LogP) is 4.36. The third-order valence-corrected chi connectivity index (χ3v) is 6.74. The molecule has 0 spiro atoms. The fourth-order valence-corrected chi connectivity index (χ4v) is 4.61. The molecule has 27 heavy (non-hydrogen) atoms. The van der Waals surface area contributed by atoms with E-state index < -0.39 is 8.80 Å². The summed E-state index contributed by atoms with van der Waals surface area (Å²) in [7, 11) is 1.72. The maximum Gasteiger partial charge on any atom is 0.540 e. The van der Waals surface area contributed by atoms with Gasteiger partial charge >= 0.3 is 8.80 Å². The molecule has 5 nitrogen and oxygen atoms in total. The first-order valence-electron chi connectivity index (χ1n) is 8.46. The molecule has 0 aliphatic carbocycles. The summed E-state index contributed by atoms with van der Waals surface area (Å²) in [6, 6.07) is 24.6. The molecule has 0 aliphatic heterocycles. The molecule has 0 heterocycles. The first kappa shape index (κ1) is 19.1. The minimum Gasteiger partial charge on any atom is -0.457 e. The highest BCUT2D eigenvalue weighted by atomic mass is 28.4. The van der Waals surface area contributed by atoms with Crippen molar-refractivity contribution in [1.82, 2.24) is 0 Å². The van der Waals surface area contributed by atoms with Crippen molar-refractivity contribution in [2.24, 2.45) is 0 Å². The van der Waals surface area contributed by atoms with Crippen molar-refractivity contribution in [3.8, 4) is 23.0 Å². The normalized spacial score (nSPS) is 11.2. The molecule has 0 aromatic heterocycles. The van der Waals surface area contributed by atoms with Crippen LogP contribution < -0.4 is 14.7 Å². The highest BCUT2D eigenvalue weighted by Crippen LogP contribution is 2.27. The molecule has 0 bridgehead atoms. The quantitative estimate of drug-likeness (QED) is 0.542.